The third kappa shape index (κ3) is 4.31. The second-order valence-corrected chi connectivity index (χ2v) is 6.34. The fourth-order valence-corrected chi connectivity index (χ4v) is 2.88. The van der Waals surface area contributed by atoms with Gasteiger partial charge in [-0.2, -0.15) is 0 Å². The van der Waals surface area contributed by atoms with Gasteiger partial charge in [-0.05, 0) is 55.8 Å². The number of rotatable bonds is 5. The molecule has 1 N–H and O–H groups in total. The average Bonchev–Trinajstić information content (AvgIpc) is 3.01. The number of anilines is 2. The van der Waals surface area contributed by atoms with Gasteiger partial charge < -0.3 is 15.0 Å². The lowest BCUT2D eigenvalue weighted by atomic mass is 10.2. The van der Waals surface area contributed by atoms with Crippen LogP contribution in [0.2, 0.25) is 5.02 Å². The van der Waals surface area contributed by atoms with Gasteiger partial charge in [0.15, 0.2) is 6.10 Å². The molecular weight excluding hydrogens is 340 g/mol. The Balaban J connectivity index is 1.59. The Morgan fingerprint density at radius 2 is 2.00 bits per heavy atom. The van der Waals surface area contributed by atoms with E-state index in [0.29, 0.717) is 22.9 Å². The first-order chi connectivity index (χ1) is 12.0. The SMILES string of the molecule is C[C@H](Oc1ccc(N2CCCC2=O)cc1)C(=O)Nc1cccc(Cl)c1. The van der Waals surface area contributed by atoms with E-state index in [0.717, 1.165) is 18.7 Å². The normalized spacial score (nSPS) is 15.1. The standard InChI is InChI=1S/C19H19ClN2O3/c1-13(19(24)21-15-5-2-4-14(20)12-15)25-17-9-7-16(8-10-17)22-11-3-6-18(22)23/h2,4-5,7-10,12-13H,3,6,11H2,1H3,(H,21,24)/t13-/m0/s1. The smallest absolute Gasteiger partial charge is 0.265 e. The van der Waals surface area contributed by atoms with Crippen molar-refractivity contribution >= 4 is 34.8 Å². The van der Waals surface area contributed by atoms with Crippen molar-refractivity contribution in [3.63, 3.8) is 0 Å². The minimum atomic E-state index is -0.668. The Hall–Kier alpha value is -2.53. The summed E-state index contributed by atoms with van der Waals surface area (Å²) in [5.74, 6) is 0.452. The third-order valence-corrected chi connectivity index (χ3v) is 4.23. The van der Waals surface area contributed by atoms with Crippen LogP contribution >= 0.6 is 11.6 Å². The number of amides is 2. The molecule has 0 saturated carbocycles. The highest BCUT2D eigenvalue weighted by atomic mass is 35.5. The molecule has 130 valence electrons. The molecule has 1 fully saturated rings. The number of benzene rings is 2. The maximum absolute atomic E-state index is 12.2. The molecule has 2 aromatic rings. The molecular formula is C19H19ClN2O3. The first-order valence-corrected chi connectivity index (χ1v) is 8.54. The zero-order chi connectivity index (χ0) is 17.8. The number of hydrogen-bond donors (Lipinski definition) is 1. The maximum Gasteiger partial charge on any atom is 0.265 e. The van der Waals surface area contributed by atoms with Gasteiger partial charge in [-0.25, -0.2) is 0 Å². The zero-order valence-corrected chi connectivity index (χ0v) is 14.6. The average molecular weight is 359 g/mol. The second-order valence-electron chi connectivity index (χ2n) is 5.90. The van der Waals surface area contributed by atoms with Crippen molar-refractivity contribution in [3.8, 4) is 5.75 Å². The van der Waals surface area contributed by atoms with Crippen LogP contribution in [0.4, 0.5) is 11.4 Å². The number of ether oxygens (including phenoxy) is 1. The Kier molecular flexibility index (Phi) is 5.24. The van der Waals surface area contributed by atoms with Crippen LogP contribution in [-0.4, -0.2) is 24.5 Å². The second kappa shape index (κ2) is 7.57. The fraction of sp³-hybridized carbons (Fsp3) is 0.263. The van der Waals surface area contributed by atoms with Gasteiger partial charge in [-0.1, -0.05) is 17.7 Å². The lowest BCUT2D eigenvalue weighted by Crippen LogP contribution is -2.30. The van der Waals surface area contributed by atoms with E-state index in [1.807, 2.05) is 12.1 Å². The number of nitrogens with one attached hydrogen (secondary N) is 1. The molecule has 0 radical (unpaired) electrons. The van der Waals surface area contributed by atoms with Crippen molar-refractivity contribution in [2.75, 3.05) is 16.8 Å². The first kappa shape index (κ1) is 17.3. The van der Waals surface area contributed by atoms with Gasteiger partial charge in [0, 0.05) is 29.4 Å². The van der Waals surface area contributed by atoms with Crippen LogP contribution in [-0.2, 0) is 9.59 Å². The molecule has 2 amide bonds. The van der Waals surface area contributed by atoms with Gasteiger partial charge in [-0.15, -0.1) is 0 Å². The van der Waals surface area contributed by atoms with Crippen molar-refractivity contribution in [2.24, 2.45) is 0 Å². The van der Waals surface area contributed by atoms with Crippen molar-refractivity contribution in [3.05, 3.63) is 53.6 Å². The summed E-state index contributed by atoms with van der Waals surface area (Å²) in [5, 5.41) is 3.32. The number of nitrogens with zero attached hydrogens (tertiary/aromatic N) is 1. The highest BCUT2D eigenvalue weighted by Gasteiger charge is 2.21. The van der Waals surface area contributed by atoms with Gasteiger partial charge in [0.05, 0.1) is 0 Å². The summed E-state index contributed by atoms with van der Waals surface area (Å²) in [4.78, 5) is 25.7. The molecule has 1 atom stereocenters. The molecule has 0 unspecified atom stereocenters. The van der Waals surface area contributed by atoms with Crippen LogP contribution in [0.5, 0.6) is 5.75 Å². The van der Waals surface area contributed by atoms with Crippen LogP contribution in [0.3, 0.4) is 0 Å². The molecule has 6 heteroatoms. The molecule has 1 saturated heterocycles. The highest BCUT2D eigenvalue weighted by Crippen LogP contribution is 2.24. The number of carbonyl (C=O) groups excluding carboxylic acids is 2. The minimum absolute atomic E-state index is 0.142. The molecule has 5 nitrogen and oxygen atoms in total. The lowest BCUT2D eigenvalue weighted by molar-refractivity contribution is -0.122. The number of carbonyl (C=O) groups is 2. The van der Waals surface area contributed by atoms with Gasteiger partial charge in [0.2, 0.25) is 5.91 Å². The molecule has 0 spiro atoms. The van der Waals surface area contributed by atoms with E-state index >= 15 is 0 Å². The summed E-state index contributed by atoms with van der Waals surface area (Å²) < 4.78 is 5.67. The lowest BCUT2D eigenvalue weighted by Gasteiger charge is -2.18. The Labute approximate surface area is 151 Å². The monoisotopic (exact) mass is 358 g/mol. The van der Waals surface area contributed by atoms with Crippen molar-refractivity contribution in [1.82, 2.24) is 0 Å². The van der Waals surface area contributed by atoms with E-state index in [1.165, 1.54) is 0 Å². The number of hydrogen-bond acceptors (Lipinski definition) is 3. The summed E-state index contributed by atoms with van der Waals surface area (Å²) >= 11 is 5.91. The van der Waals surface area contributed by atoms with E-state index in [-0.39, 0.29) is 11.8 Å². The van der Waals surface area contributed by atoms with Crippen molar-refractivity contribution in [1.29, 1.82) is 0 Å². The quantitative estimate of drug-likeness (QED) is 0.882. The summed E-state index contributed by atoms with van der Waals surface area (Å²) in [6.07, 6.45) is 0.815. The molecule has 1 heterocycles. The van der Waals surface area contributed by atoms with Crippen LogP contribution in [0.15, 0.2) is 48.5 Å². The molecule has 0 bridgehead atoms. The Bertz CT molecular complexity index is 776. The third-order valence-electron chi connectivity index (χ3n) is 4.00. The van der Waals surface area contributed by atoms with E-state index in [2.05, 4.69) is 5.32 Å². The molecule has 1 aliphatic rings. The van der Waals surface area contributed by atoms with Gasteiger partial charge in [0.25, 0.3) is 5.91 Å². The van der Waals surface area contributed by atoms with Crippen LogP contribution < -0.4 is 15.0 Å². The van der Waals surface area contributed by atoms with Crippen LogP contribution in [0, 0.1) is 0 Å². The Morgan fingerprint density at radius 3 is 2.64 bits per heavy atom. The van der Waals surface area contributed by atoms with Crippen molar-refractivity contribution in [2.45, 2.75) is 25.9 Å². The van der Waals surface area contributed by atoms with E-state index in [4.69, 9.17) is 16.3 Å². The van der Waals surface area contributed by atoms with Crippen molar-refractivity contribution < 1.29 is 14.3 Å². The Morgan fingerprint density at radius 1 is 1.24 bits per heavy atom. The minimum Gasteiger partial charge on any atom is -0.481 e. The predicted molar refractivity (Wildman–Crippen MR) is 98.2 cm³/mol. The number of halogens is 1. The summed E-state index contributed by atoms with van der Waals surface area (Å²) in [7, 11) is 0. The van der Waals surface area contributed by atoms with E-state index < -0.39 is 6.10 Å². The highest BCUT2D eigenvalue weighted by molar-refractivity contribution is 6.30. The molecule has 2 aromatic carbocycles. The van der Waals surface area contributed by atoms with Gasteiger partial charge in [-0.3, -0.25) is 9.59 Å². The molecule has 0 aromatic heterocycles. The molecule has 3 rings (SSSR count). The largest absolute Gasteiger partial charge is 0.481 e. The summed E-state index contributed by atoms with van der Waals surface area (Å²) in [5.41, 5.74) is 1.47. The summed E-state index contributed by atoms with van der Waals surface area (Å²) in [6, 6.07) is 14.1. The van der Waals surface area contributed by atoms with Crippen LogP contribution in [0.25, 0.3) is 0 Å². The van der Waals surface area contributed by atoms with Crippen LogP contribution in [0.1, 0.15) is 19.8 Å². The topological polar surface area (TPSA) is 58.6 Å². The molecule has 25 heavy (non-hydrogen) atoms. The fourth-order valence-electron chi connectivity index (χ4n) is 2.69. The maximum atomic E-state index is 12.2. The molecule has 1 aliphatic heterocycles. The zero-order valence-electron chi connectivity index (χ0n) is 13.9. The summed E-state index contributed by atoms with van der Waals surface area (Å²) in [6.45, 7) is 2.43. The van der Waals surface area contributed by atoms with Gasteiger partial charge >= 0.3 is 0 Å². The predicted octanol–water partition coefficient (Wildman–Crippen LogP) is 3.87. The first-order valence-electron chi connectivity index (χ1n) is 8.16. The van der Waals surface area contributed by atoms with Gasteiger partial charge in [0.1, 0.15) is 5.75 Å². The van der Waals surface area contributed by atoms with E-state index in [1.54, 1.807) is 48.2 Å². The molecule has 0 aliphatic carbocycles. The van der Waals surface area contributed by atoms with E-state index in [9.17, 15) is 9.59 Å².